The van der Waals surface area contributed by atoms with Gasteiger partial charge in [0.2, 0.25) is 5.56 Å². The van der Waals surface area contributed by atoms with Crippen LogP contribution in [0, 0.1) is 5.92 Å². The Morgan fingerprint density at radius 3 is 2.95 bits per heavy atom. The van der Waals surface area contributed by atoms with Gasteiger partial charge in [0, 0.05) is 31.4 Å². The third-order valence-electron chi connectivity index (χ3n) is 4.22. The summed E-state index contributed by atoms with van der Waals surface area (Å²) in [6.45, 7) is 1.81. The quantitative estimate of drug-likeness (QED) is 0.718. The number of hydrogen-bond acceptors (Lipinski definition) is 4. The maximum Gasteiger partial charge on any atom is 0.252 e. The summed E-state index contributed by atoms with van der Waals surface area (Å²) in [6.07, 6.45) is 5.68. The molecule has 1 heterocycles. The number of nitrogens with one attached hydrogen (secondary N) is 2. The lowest BCUT2D eigenvalue weighted by molar-refractivity contribution is 0.0912. The van der Waals surface area contributed by atoms with Gasteiger partial charge < -0.3 is 20.3 Å². The van der Waals surface area contributed by atoms with Gasteiger partial charge in [-0.15, -0.1) is 0 Å². The average Bonchev–Trinajstić information content (AvgIpc) is 2.48. The minimum absolute atomic E-state index is 0.134. The van der Waals surface area contributed by atoms with Gasteiger partial charge in [-0.25, -0.2) is 0 Å². The van der Waals surface area contributed by atoms with Crippen molar-refractivity contribution in [2.24, 2.45) is 5.92 Å². The number of nitrogens with zero attached hydrogens (tertiary/aromatic N) is 1. The van der Waals surface area contributed by atoms with Gasteiger partial charge in [0.25, 0.3) is 5.91 Å². The first-order chi connectivity index (χ1) is 10.6. The molecule has 6 nitrogen and oxygen atoms in total. The number of carbonyl (C=O) groups excluding carboxylic acids is 1. The monoisotopic (exact) mass is 307 g/mol. The predicted molar refractivity (Wildman–Crippen MR) is 84.9 cm³/mol. The molecule has 1 aliphatic rings. The van der Waals surface area contributed by atoms with E-state index in [4.69, 9.17) is 5.11 Å². The van der Waals surface area contributed by atoms with Crippen LogP contribution in [0.25, 0.3) is 0 Å². The molecule has 2 atom stereocenters. The predicted octanol–water partition coefficient (Wildman–Crippen LogP) is 0.588. The second kappa shape index (κ2) is 8.10. The van der Waals surface area contributed by atoms with Crippen LogP contribution < -0.4 is 10.9 Å². The fourth-order valence-electron chi connectivity index (χ4n) is 3.11. The van der Waals surface area contributed by atoms with Gasteiger partial charge in [0.1, 0.15) is 0 Å². The molecule has 1 aromatic heterocycles. The van der Waals surface area contributed by atoms with Crippen molar-refractivity contribution in [1.82, 2.24) is 15.2 Å². The van der Waals surface area contributed by atoms with Gasteiger partial charge in [0.05, 0.1) is 12.2 Å². The molecule has 0 spiro atoms. The van der Waals surface area contributed by atoms with Crippen LogP contribution in [-0.2, 0) is 0 Å². The Morgan fingerprint density at radius 2 is 2.27 bits per heavy atom. The number of hydrogen-bond donors (Lipinski definition) is 3. The molecule has 1 fully saturated rings. The van der Waals surface area contributed by atoms with E-state index in [1.807, 2.05) is 7.05 Å². The Kier molecular flexibility index (Phi) is 6.15. The lowest BCUT2D eigenvalue weighted by atomic mass is 9.85. The smallest absolute Gasteiger partial charge is 0.252 e. The lowest BCUT2D eigenvalue weighted by Crippen LogP contribution is -2.41. The Labute approximate surface area is 130 Å². The molecule has 0 aromatic carbocycles. The average molecular weight is 307 g/mol. The number of pyridine rings is 1. The minimum Gasteiger partial charge on any atom is -0.395 e. The Hall–Kier alpha value is -1.66. The number of aromatic amines is 1. The van der Waals surface area contributed by atoms with Gasteiger partial charge in [-0.05, 0) is 38.3 Å². The standard InChI is InChI=1S/C16H25N3O3/c1-19(7-8-20)11-12-3-2-4-14(9-12)18-16(22)13-5-6-15(21)17-10-13/h5-6,10,12,14,20H,2-4,7-9,11H2,1H3,(H,17,21)(H,18,22)/t12-,14-/m1/s1. The highest BCUT2D eigenvalue weighted by molar-refractivity contribution is 5.93. The summed E-state index contributed by atoms with van der Waals surface area (Å²) in [4.78, 5) is 27.9. The van der Waals surface area contributed by atoms with E-state index >= 15 is 0 Å². The zero-order chi connectivity index (χ0) is 15.9. The van der Waals surface area contributed by atoms with E-state index in [0.29, 0.717) is 18.0 Å². The summed E-state index contributed by atoms with van der Waals surface area (Å²) in [5, 5.41) is 12.0. The normalized spacial score (nSPS) is 21.8. The molecule has 22 heavy (non-hydrogen) atoms. The lowest BCUT2D eigenvalue weighted by Gasteiger charge is -2.32. The van der Waals surface area contributed by atoms with Crippen molar-refractivity contribution >= 4 is 5.91 Å². The number of likely N-dealkylation sites (N-methyl/N-ethyl adjacent to an activating group) is 1. The van der Waals surface area contributed by atoms with Crippen LogP contribution in [0.3, 0.4) is 0 Å². The van der Waals surface area contributed by atoms with Crippen LogP contribution in [0.5, 0.6) is 0 Å². The van der Waals surface area contributed by atoms with Gasteiger partial charge in [0.15, 0.2) is 0 Å². The second-order valence-electron chi connectivity index (χ2n) is 6.13. The van der Waals surface area contributed by atoms with Crippen LogP contribution in [0.15, 0.2) is 23.1 Å². The molecule has 0 radical (unpaired) electrons. The summed E-state index contributed by atoms with van der Waals surface area (Å²) < 4.78 is 0. The minimum atomic E-state index is -0.207. The zero-order valence-electron chi connectivity index (χ0n) is 13.0. The second-order valence-corrected chi connectivity index (χ2v) is 6.13. The molecule has 1 saturated carbocycles. The van der Waals surface area contributed by atoms with Crippen molar-refractivity contribution in [3.05, 3.63) is 34.2 Å². The number of aliphatic hydroxyl groups is 1. The third-order valence-corrected chi connectivity index (χ3v) is 4.22. The summed E-state index contributed by atoms with van der Waals surface area (Å²) >= 11 is 0. The Bertz CT molecular complexity index is 523. The molecule has 0 saturated heterocycles. The molecule has 0 unspecified atom stereocenters. The summed E-state index contributed by atoms with van der Waals surface area (Å²) in [5.41, 5.74) is 0.278. The SMILES string of the molecule is CN(CCO)C[C@@H]1CCC[C@@H](NC(=O)c2ccc(=O)[nH]c2)C1. The van der Waals surface area contributed by atoms with Crippen LogP contribution >= 0.6 is 0 Å². The number of carbonyl (C=O) groups is 1. The highest BCUT2D eigenvalue weighted by Gasteiger charge is 2.24. The van der Waals surface area contributed by atoms with E-state index < -0.39 is 0 Å². The largest absolute Gasteiger partial charge is 0.395 e. The molecule has 122 valence electrons. The van der Waals surface area contributed by atoms with Crippen molar-refractivity contribution in [2.75, 3.05) is 26.7 Å². The Morgan fingerprint density at radius 1 is 1.45 bits per heavy atom. The van der Waals surface area contributed by atoms with E-state index in [1.54, 1.807) is 6.07 Å². The third kappa shape index (κ3) is 4.96. The number of amides is 1. The Balaban J connectivity index is 1.85. The first-order valence-electron chi connectivity index (χ1n) is 7.87. The van der Waals surface area contributed by atoms with Crippen LogP contribution in [0.2, 0.25) is 0 Å². The summed E-state index contributed by atoms with van der Waals surface area (Å²) in [7, 11) is 2.01. The first-order valence-corrected chi connectivity index (χ1v) is 7.87. The van der Waals surface area contributed by atoms with E-state index in [-0.39, 0.29) is 24.1 Å². The molecule has 6 heteroatoms. The maximum atomic E-state index is 12.2. The number of aliphatic hydroxyl groups excluding tert-OH is 1. The van der Waals surface area contributed by atoms with Crippen LogP contribution in [0.1, 0.15) is 36.0 Å². The molecular formula is C16H25N3O3. The fraction of sp³-hybridized carbons (Fsp3) is 0.625. The topological polar surface area (TPSA) is 85.4 Å². The van der Waals surface area contributed by atoms with Gasteiger partial charge in [-0.3, -0.25) is 9.59 Å². The van der Waals surface area contributed by atoms with Crippen molar-refractivity contribution in [3.63, 3.8) is 0 Å². The number of rotatable bonds is 6. The van der Waals surface area contributed by atoms with Crippen LogP contribution in [-0.4, -0.2) is 53.7 Å². The van der Waals surface area contributed by atoms with Gasteiger partial charge in [-0.2, -0.15) is 0 Å². The maximum absolute atomic E-state index is 12.2. The molecule has 0 bridgehead atoms. The number of H-pyrrole nitrogens is 1. The molecule has 1 amide bonds. The van der Waals surface area contributed by atoms with Gasteiger partial charge in [-0.1, -0.05) is 6.42 Å². The van der Waals surface area contributed by atoms with E-state index in [2.05, 4.69) is 15.2 Å². The molecule has 0 aliphatic heterocycles. The van der Waals surface area contributed by atoms with Crippen LogP contribution in [0.4, 0.5) is 0 Å². The summed E-state index contributed by atoms with van der Waals surface area (Å²) in [6, 6.07) is 3.09. The van der Waals surface area contributed by atoms with Crippen molar-refractivity contribution in [3.8, 4) is 0 Å². The van der Waals surface area contributed by atoms with Crippen molar-refractivity contribution in [1.29, 1.82) is 0 Å². The molecule has 1 aliphatic carbocycles. The highest BCUT2D eigenvalue weighted by Crippen LogP contribution is 2.25. The molecular weight excluding hydrogens is 282 g/mol. The summed E-state index contributed by atoms with van der Waals surface area (Å²) in [5.74, 6) is 0.414. The van der Waals surface area contributed by atoms with E-state index in [9.17, 15) is 9.59 Å². The molecule has 3 N–H and O–H groups in total. The van der Waals surface area contributed by atoms with E-state index in [0.717, 1.165) is 25.8 Å². The zero-order valence-corrected chi connectivity index (χ0v) is 13.0. The van der Waals surface area contributed by atoms with Crippen molar-refractivity contribution < 1.29 is 9.90 Å². The van der Waals surface area contributed by atoms with Gasteiger partial charge >= 0.3 is 0 Å². The van der Waals surface area contributed by atoms with E-state index in [1.165, 1.54) is 18.7 Å². The molecule has 1 aromatic rings. The highest BCUT2D eigenvalue weighted by atomic mass is 16.3. The molecule has 2 rings (SSSR count). The first kappa shape index (κ1) is 16.7. The van der Waals surface area contributed by atoms with Crippen molar-refractivity contribution in [2.45, 2.75) is 31.7 Å². The number of aromatic nitrogens is 1. The fourth-order valence-corrected chi connectivity index (χ4v) is 3.11.